The van der Waals surface area contributed by atoms with Gasteiger partial charge in [0.25, 0.3) is 5.91 Å². The number of carbonyl (C=O) groups is 1. The van der Waals surface area contributed by atoms with E-state index in [0.717, 1.165) is 12.0 Å². The first-order chi connectivity index (χ1) is 10.1. The van der Waals surface area contributed by atoms with Crippen molar-refractivity contribution in [2.45, 2.75) is 38.5 Å². The molecule has 0 unspecified atom stereocenters. The Bertz CT molecular complexity index is 503. The molecular weight excluding hydrogens is 266 g/mol. The van der Waals surface area contributed by atoms with E-state index in [1.165, 1.54) is 23.3 Å². The van der Waals surface area contributed by atoms with Crippen LogP contribution in [0.1, 0.15) is 47.7 Å². The predicted octanol–water partition coefficient (Wildman–Crippen LogP) is 1.86. The van der Waals surface area contributed by atoms with Crippen LogP contribution in [0.25, 0.3) is 0 Å². The molecule has 2 N–H and O–H groups in total. The molecule has 1 aromatic rings. The zero-order valence-electron chi connectivity index (χ0n) is 12.9. The maximum atomic E-state index is 12.4. The number of aryl methyl sites for hydroxylation is 1. The molecule has 0 heterocycles. The van der Waals surface area contributed by atoms with Crippen molar-refractivity contribution in [2.75, 3.05) is 26.3 Å². The van der Waals surface area contributed by atoms with Crippen molar-refractivity contribution in [3.8, 4) is 0 Å². The van der Waals surface area contributed by atoms with E-state index in [0.29, 0.717) is 11.0 Å². The zero-order chi connectivity index (χ0) is 15.5. The minimum Gasteiger partial charge on any atom is -0.395 e. The molecule has 1 fully saturated rings. The first-order valence-corrected chi connectivity index (χ1v) is 7.70. The molecule has 0 aliphatic heterocycles. The van der Waals surface area contributed by atoms with Gasteiger partial charge in [-0.25, -0.2) is 0 Å². The van der Waals surface area contributed by atoms with Crippen LogP contribution in [0.15, 0.2) is 18.2 Å². The van der Waals surface area contributed by atoms with Gasteiger partial charge in [0.05, 0.1) is 13.2 Å². The summed E-state index contributed by atoms with van der Waals surface area (Å²) in [6, 6.07) is 5.90. The number of rotatable bonds is 7. The normalized spacial score (nSPS) is 15.8. The van der Waals surface area contributed by atoms with Gasteiger partial charge in [-0.05, 0) is 54.9 Å². The summed E-state index contributed by atoms with van der Waals surface area (Å²) in [4.78, 5) is 13.9. The number of hydrogen-bond donors (Lipinski definition) is 2. The van der Waals surface area contributed by atoms with Crippen LogP contribution in [-0.4, -0.2) is 47.3 Å². The van der Waals surface area contributed by atoms with Crippen molar-refractivity contribution in [3.05, 3.63) is 34.9 Å². The maximum absolute atomic E-state index is 12.4. The van der Waals surface area contributed by atoms with Gasteiger partial charge in [-0.1, -0.05) is 13.0 Å². The van der Waals surface area contributed by atoms with Gasteiger partial charge in [0.1, 0.15) is 0 Å². The third-order valence-corrected chi connectivity index (χ3v) is 4.60. The first-order valence-electron chi connectivity index (χ1n) is 7.70. The van der Waals surface area contributed by atoms with Crippen LogP contribution < -0.4 is 0 Å². The molecule has 0 atom stereocenters. The summed E-state index contributed by atoms with van der Waals surface area (Å²) in [6.07, 6.45) is 3.61. The quantitative estimate of drug-likeness (QED) is 0.806. The summed E-state index contributed by atoms with van der Waals surface area (Å²) in [5.74, 6) is -0.130. The number of hydrogen-bond acceptors (Lipinski definition) is 3. The molecule has 4 heteroatoms. The zero-order valence-corrected chi connectivity index (χ0v) is 12.9. The van der Waals surface area contributed by atoms with Gasteiger partial charge in [0.15, 0.2) is 0 Å². The minimum atomic E-state index is -0.130. The Labute approximate surface area is 126 Å². The lowest BCUT2D eigenvalue weighted by Crippen LogP contribution is -2.35. The fraction of sp³-hybridized carbons (Fsp3) is 0.588. The summed E-state index contributed by atoms with van der Waals surface area (Å²) < 4.78 is 0. The second-order valence-electron chi connectivity index (χ2n) is 5.90. The molecule has 1 aromatic carbocycles. The Kier molecular flexibility index (Phi) is 5.01. The smallest absolute Gasteiger partial charge is 0.254 e. The highest BCUT2D eigenvalue weighted by Gasteiger charge is 2.43. The molecule has 1 aliphatic rings. The molecule has 1 amide bonds. The van der Waals surface area contributed by atoms with Gasteiger partial charge in [-0.15, -0.1) is 0 Å². The number of amides is 1. The van der Waals surface area contributed by atoms with Crippen molar-refractivity contribution in [1.29, 1.82) is 0 Å². The molecule has 1 saturated carbocycles. The molecule has 116 valence electrons. The topological polar surface area (TPSA) is 60.8 Å². The number of nitrogens with zero attached hydrogens (tertiary/aromatic N) is 1. The highest BCUT2D eigenvalue weighted by Crippen LogP contribution is 2.51. The van der Waals surface area contributed by atoms with E-state index in [2.05, 4.69) is 19.9 Å². The van der Waals surface area contributed by atoms with Crippen LogP contribution in [0.4, 0.5) is 0 Å². The van der Waals surface area contributed by atoms with Gasteiger partial charge in [-0.2, -0.15) is 0 Å². The van der Waals surface area contributed by atoms with Crippen molar-refractivity contribution in [1.82, 2.24) is 4.90 Å². The fourth-order valence-electron chi connectivity index (χ4n) is 3.09. The molecule has 2 rings (SSSR count). The van der Waals surface area contributed by atoms with Crippen LogP contribution in [-0.2, 0) is 5.41 Å². The van der Waals surface area contributed by atoms with E-state index in [1.54, 1.807) is 0 Å². The number of aliphatic hydroxyl groups is 2. The minimum absolute atomic E-state index is 0.0955. The van der Waals surface area contributed by atoms with E-state index < -0.39 is 0 Å². The van der Waals surface area contributed by atoms with Gasteiger partial charge in [0.2, 0.25) is 0 Å². The third kappa shape index (κ3) is 3.27. The Morgan fingerprint density at radius 1 is 1.24 bits per heavy atom. The van der Waals surface area contributed by atoms with Crippen molar-refractivity contribution in [3.63, 3.8) is 0 Å². The SMILES string of the molecule is CCC1(c2ccc(C(=O)N(CCO)CCO)cc2C)CC1. The van der Waals surface area contributed by atoms with E-state index >= 15 is 0 Å². The highest BCUT2D eigenvalue weighted by molar-refractivity contribution is 5.94. The molecule has 0 radical (unpaired) electrons. The van der Waals surface area contributed by atoms with Gasteiger partial charge in [-0.3, -0.25) is 4.79 Å². The third-order valence-electron chi connectivity index (χ3n) is 4.60. The Hall–Kier alpha value is -1.39. The fourth-order valence-corrected chi connectivity index (χ4v) is 3.09. The van der Waals surface area contributed by atoms with Crippen LogP contribution in [0.2, 0.25) is 0 Å². The summed E-state index contributed by atoms with van der Waals surface area (Å²) in [5.41, 5.74) is 3.48. The number of benzene rings is 1. The number of carbonyl (C=O) groups excluding carboxylic acids is 1. The number of aliphatic hydroxyl groups excluding tert-OH is 2. The van der Waals surface area contributed by atoms with Crippen molar-refractivity contribution >= 4 is 5.91 Å². The van der Waals surface area contributed by atoms with Crippen LogP contribution in [0.3, 0.4) is 0 Å². The molecule has 0 saturated heterocycles. The standard InChI is InChI=1S/C17H25NO3/c1-3-17(6-7-17)15-5-4-14(12-13(15)2)16(21)18(8-10-19)9-11-20/h4-5,12,19-20H,3,6-11H2,1-2H3. The molecule has 0 spiro atoms. The van der Waals surface area contributed by atoms with Gasteiger partial charge in [0, 0.05) is 18.7 Å². The summed E-state index contributed by atoms with van der Waals surface area (Å²) in [7, 11) is 0. The second kappa shape index (κ2) is 6.58. The average molecular weight is 291 g/mol. The molecule has 4 nitrogen and oxygen atoms in total. The van der Waals surface area contributed by atoms with Crippen LogP contribution >= 0.6 is 0 Å². The van der Waals surface area contributed by atoms with E-state index in [-0.39, 0.29) is 32.2 Å². The summed E-state index contributed by atoms with van der Waals surface area (Å²) in [5, 5.41) is 18.1. The molecule has 1 aliphatic carbocycles. The second-order valence-corrected chi connectivity index (χ2v) is 5.90. The predicted molar refractivity (Wildman–Crippen MR) is 82.5 cm³/mol. The monoisotopic (exact) mass is 291 g/mol. The Morgan fingerprint density at radius 2 is 1.86 bits per heavy atom. The summed E-state index contributed by atoms with van der Waals surface area (Å²) >= 11 is 0. The summed E-state index contributed by atoms with van der Waals surface area (Å²) in [6.45, 7) is 4.59. The average Bonchev–Trinajstić information content (AvgIpc) is 3.27. The van der Waals surface area contributed by atoms with Gasteiger partial charge < -0.3 is 15.1 Å². The van der Waals surface area contributed by atoms with Crippen LogP contribution in [0, 0.1) is 6.92 Å². The van der Waals surface area contributed by atoms with E-state index in [4.69, 9.17) is 10.2 Å². The molecule has 0 bridgehead atoms. The molecule has 21 heavy (non-hydrogen) atoms. The van der Waals surface area contributed by atoms with Crippen molar-refractivity contribution in [2.24, 2.45) is 0 Å². The largest absolute Gasteiger partial charge is 0.395 e. The lowest BCUT2D eigenvalue weighted by atomic mass is 9.88. The van der Waals surface area contributed by atoms with Crippen molar-refractivity contribution < 1.29 is 15.0 Å². The molecular formula is C17H25NO3. The maximum Gasteiger partial charge on any atom is 0.254 e. The first kappa shape index (κ1) is 16.0. The van der Waals surface area contributed by atoms with E-state index in [1.807, 2.05) is 12.1 Å². The van der Waals surface area contributed by atoms with Gasteiger partial charge >= 0.3 is 0 Å². The lowest BCUT2D eigenvalue weighted by molar-refractivity contribution is 0.0684. The lowest BCUT2D eigenvalue weighted by Gasteiger charge is -2.22. The molecule has 0 aromatic heterocycles. The highest BCUT2D eigenvalue weighted by atomic mass is 16.3. The Morgan fingerprint density at radius 3 is 2.29 bits per heavy atom. The van der Waals surface area contributed by atoms with Crippen LogP contribution in [0.5, 0.6) is 0 Å². The Balaban J connectivity index is 2.21. The van der Waals surface area contributed by atoms with E-state index in [9.17, 15) is 4.79 Å².